The number of sulfonamides is 1. The van der Waals surface area contributed by atoms with Gasteiger partial charge in [0, 0.05) is 18.6 Å². The minimum atomic E-state index is -3.58. The van der Waals surface area contributed by atoms with Gasteiger partial charge in [-0.05, 0) is 46.3 Å². The first-order valence-corrected chi connectivity index (χ1v) is 8.24. The molecule has 0 bridgehead atoms. The van der Waals surface area contributed by atoms with Crippen LogP contribution >= 0.6 is 15.9 Å². The number of furan rings is 1. The van der Waals surface area contributed by atoms with Gasteiger partial charge < -0.3 is 9.73 Å². The van der Waals surface area contributed by atoms with Crippen LogP contribution in [-0.2, 0) is 16.6 Å². The summed E-state index contributed by atoms with van der Waals surface area (Å²) >= 11 is 3.30. The Morgan fingerprint density at radius 2 is 2.00 bits per heavy atom. The summed E-state index contributed by atoms with van der Waals surface area (Å²) < 4.78 is 44.0. The summed E-state index contributed by atoms with van der Waals surface area (Å²) in [5.74, 6) is 0.0719. The molecular formula is C13H14BrFN2O3S. The van der Waals surface area contributed by atoms with Crippen molar-refractivity contribution in [3.8, 4) is 0 Å². The van der Waals surface area contributed by atoms with Crippen LogP contribution in [0.1, 0.15) is 5.76 Å². The third-order valence-corrected chi connectivity index (χ3v) is 5.13. The van der Waals surface area contributed by atoms with Crippen molar-refractivity contribution in [2.75, 3.05) is 19.4 Å². The summed E-state index contributed by atoms with van der Waals surface area (Å²) in [5.41, 5.74) is 0.559. The molecule has 0 aliphatic carbocycles. The van der Waals surface area contributed by atoms with Gasteiger partial charge in [-0.15, -0.1) is 0 Å². The first kappa shape index (κ1) is 16.0. The third kappa shape index (κ3) is 3.63. The zero-order valence-electron chi connectivity index (χ0n) is 11.4. The van der Waals surface area contributed by atoms with Crippen LogP contribution in [0.3, 0.4) is 0 Å². The highest BCUT2D eigenvalue weighted by Crippen LogP contribution is 2.24. The fourth-order valence-electron chi connectivity index (χ4n) is 1.59. The lowest BCUT2D eigenvalue weighted by atomic mass is 10.3. The zero-order valence-corrected chi connectivity index (χ0v) is 13.8. The topological polar surface area (TPSA) is 62.6 Å². The van der Waals surface area contributed by atoms with E-state index < -0.39 is 10.0 Å². The van der Waals surface area contributed by atoms with E-state index >= 15 is 0 Å². The normalized spacial score (nSPS) is 11.9. The maximum Gasteiger partial charge on any atom is 0.275 e. The van der Waals surface area contributed by atoms with E-state index in [0.717, 1.165) is 4.31 Å². The lowest BCUT2D eigenvalue weighted by Crippen LogP contribution is -2.21. The molecule has 8 heteroatoms. The number of rotatable bonds is 5. The van der Waals surface area contributed by atoms with Gasteiger partial charge in [-0.3, -0.25) is 0 Å². The van der Waals surface area contributed by atoms with Crippen LogP contribution in [-0.4, -0.2) is 26.8 Å². The highest BCUT2D eigenvalue weighted by molar-refractivity contribution is 9.10. The Bertz CT molecular complexity index is 744. The zero-order chi connectivity index (χ0) is 15.6. The van der Waals surface area contributed by atoms with Crippen molar-refractivity contribution in [1.82, 2.24) is 4.31 Å². The van der Waals surface area contributed by atoms with Gasteiger partial charge in [0.05, 0.1) is 12.2 Å². The highest BCUT2D eigenvalue weighted by Gasteiger charge is 2.21. The van der Waals surface area contributed by atoms with E-state index in [0.29, 0.717) is 15.9 Å². The monoisotopic (exact) mass is 376 g/mol. The molecule has 0 radical (unpaired) electrons. The molecule has 0 amide bonds. The summed E-state index contributed by atoms with van der Waals surface area (Å²) in [4.78, 5) is 0. The number of nitrogens with zero attached hydrogens (tertiary/aromatic N) is 1. The molecule has 0 aliphatic rings. The molecule has 0 spiro atoms. The van der Waals surface area contributed by atoms with Crippen LogP contribution in [0, 0.1) is 5.82 Å². The van der Waals surface area contributed by atoms with Crippen molar-refractivity contribution in [2.45, 2.75) is 11.6 Å². The second-order valence-electron chi connectivity index (χ2n) is 4.49. The van der Waals surface area contributed by atoms with Gasteiger partial charge in [-0.25, -0.2) is 17.1 Å². The Hall–Kier alpha value is -1.38. The fourth-order valence-corrected chi connectivity index (χ4v) is 2.79. The molecule has 0 aliphatic heterocycles. The number of nitrogens with one attached hydrogen (secondary N) is 1. The van der Waals surface area contributed by atoms with Gasteiger partial charge in [0.2, 0.25) is 5.09 Å². The number of hydrogen-bond acceptors (Lipinski definition) is 4. The standard InChI is InChI=1S/C13H14BrFN2O3S/c1-17(2)21(18,19)13-6-4-10(20-13)8-16-12-7-9(15)3-5-11(12)14/h3-7,16H,8H2,1-2H3. The minimum Gasteiger partial charge on any atom is -0.446 e. The molecule has 0 saturated carbocycles. The van der Waals surface area contributed by atoms with E-state index in [1.165, 1.54) is 32.3 Å². The Balaban J connectivity index is 2.12. The smallest absolute Gasteiger partial charge is 0.275 e. The van der Waals surface area contributed by atoms with Crippen molar-refractivity contribution >= 4 is 31.6 Å². The quantitative estimate of drug-likeness (QED) is 0.870. The molecular weight excluding hydrogens is 363 g/mol. The van der Waals surface area contributed by atoms with Crippen molar-refractivity contribution in [2.24, 2.45) is 0 Å². The number of hydrogen-bond donors (Lipinski definition) is 1. The van der Waals surface area contributed by atoms with Gasteiger partial charge in [-0.2, -0.15) is 0 Å². The average molecular weight is 377 g/mol. The third-order valence-electron chi connectivity index (χ3n) is 2.75. The largest absolute Gasteiger partial charge is 0.446 e. The van der Waals surface area contributed by atoms with Gasteiger partial charge in [0.25, 0.3) is 10.0 Å². The van der Waals surface area contributed by atoms with Gasteiger partial charge in [0.1, 0.15) is 11.6 Å². The maximum atomic E-state index is 13.2. The highest BCUT2D eigenvalue weighted by atomic mass is 79.9. The van der Waals surface area contributed by atoms with E-state index in [1.54, 1.807) is 12.1 Å². The van der Waals surface area contributed by atoms with E-state index in [-0.39, 0.29) is 17.5 Å². The molecule has 5 nitrogen and oxygen atoms in total. The molecule has 2 aromatic rings. The molecule has 1 aromatic heterocycles. The molecule has 0 fully saturated rings. The van der Waals surface area contributed by atoms with E-state index in [2.05, 4.69) is 21.2 Å². The van der Waals surface area contributed by atoms with Crippen LogP contribution in [0.15, 0.2) is 44.3 Å². The second-order valence-corrected chi connectivity index (χ2v) is 7.42. The lowest BCUT2D eigenvalue weighted by Gasteiger charge is -2.09. The summed E-state index contributed by atoms with van der Waals surface area (Å²) in [6.45, 7) is 0.241. The van der Waals surface area contributed by atoms with Crippen molar-refractivity contribution in [3.63, 3.8) is 0 Å². The van der Waals surface area contributed by atoms with Crippen molar-refractivity contribution in [1.29, 1.82) is 0 Å². The van der Waals surface area contributed by atoms with Crippen LogP contribution in [0.4, 0.5) is 10.1 Å². The minimum absolute atomic E-state index is 0.123. The number of halogens is 2. The Kier molecular flexibility index (Phi) is 4.70. The maximum absolute atomic E-state index is 13.2. The van der Waals surface area contributed by atoms with E-state index in [9.17, 15) is 12.8 Å². The van der Waals surface area contributed by atoms with Crippen LogP contribution in [0.25, 0.3) is 0 Å². The SMILES string of the molecule is CN(C)S(=O)(=O)c1ccc(CNc2cc(F)ccc2Br)o1. The fraction of sp³-hybridized carbons (Fsp3) is 0.231. The molecule has 1 aromatic carbocycles. The first-order chi connectivity index (χ1) is 9.80. The lowest BCUT2D eigenvalue weighted by molar-refractivity contribution is 0.402. The summed E-state index contributed by atoms with van der Waals surface area (Å²) in [6, 6.07) is 7.22. The van der Waals surface area contributed by atoms with Gasteiger partial charge >= 0.3 is 0 Å². The Morgan fingerprint density at radius 3 is 2.67 bits per heavy atom. The summed E-state index contributed by atoms with van der Waals surface area (Å²) in [5, 5.41) is 2.85. The predicted molar refractivity (Wildman–Crippen MR) is 81.0 cm³/mol. The van der Waals surface area contributed by atoms with E-state index in [4.69, 9.17) is 4.42 Å². The molecule has 114 valence electrons. The molecule has 0 saturated heterocycles. The molecule has 0 unspecified atom stereocenters. The Morgan fingerprint density at radius 1 is 1.29 bits per heavy atom. The average Bonchev–Trinajstić information content (AvgIpc) is 2.89. The molecule has 1 N–H and O–H groups in total. The first-order valence-electron chi connectivity index (χ1n) is 6.01. The van der Waals surface area contributed by atoms with Crippen molar-refractivity contribution in [3.05, 3.63) is 46.4 Å². The number of anilines is 1. The Labute approximate surface area is 130 Å². The molecule has 2 rings (SSSR count). The summed E-state index contributed by atoms with van der Waals surface area (Å²) in [6.07, 6.45) is 0. The summed E-state index contributed by atoms with van der Waals surface area (Å²) in [7, 11) is -0.724. The molecule has 21 heavy (non-hydrogen) atoms. The molecule has 0 atom stereocenters. The van der Waals surface area contributed by atoms with Crippen LogP contribution in [0.2, 0.25) is 0 Å². The van der Waals surface area contributed by atoms with E-state index in [1.807, 2.05) is 0 Å². The van der Waals surface area contributed by atoms with Crippen LogP contribution in [0.5, 0.6) is 0 Å². The molecule has 1 heterocycles. The van der Waals surface area contributed by atoms with Gasteiger partial charge in [-0.1, -0.05) is 0 Å². The van der Waals surface area contributed by atoms with Crippen LogP contribution < -0.4 is 5.32 Å². The number of benzene rings is 1. The van der Waals surface area contributed by atoms with Crippen molar-refractivity contribution < 1.29 is 17.2 Å². The van der Waals surface area contributed by atoms with Gasteiger partial charge in [0.15, 0.2) is 0 Å². The second kappa shape index (κ2) is 6.17. The predicted octanol–water partition coefficient (Wildman–Crippen LogP) is 3.04.